The van der Waals surface area contributed by atoms with Crippen molar-refractivity contribution in [3.8, 4) is 0 Å². The first-order valence-electron chi connectivity index (χ1n) is 9.84. The molecule has 148 valence electrons. The quantitative estimate of drug-likeness (QED) is 0.787. The molecule has 27 heavy (non-hydrogen) atoms. The van der Waals surface area contributed by atoms with Crippen LogP contribution in [-0.4, -0.2) is 70.3 Å². The van der Waals surface area contributed by atoms with Gasteiger partial charge in [-0.3, -0.25) is 14.3 Å². The van der Waals surface area contributed by atoms with Crippen molar-refractivity contribution in [2.45, 2.75) is 44.6 Å². The van der Waals surface area contributed by atoms with Crippen molar-refractivity contribution in [2.24, 2.45) is 12.5 Å². The highest BCUT2D eigenvalue weighted by molar-refractivity contribution is 6.33. The minimum atomic E-state index is -0.0986. The van der Waals surface area contributed by atoms with Crippen molar-refractivity contribution in [3.05, 3.63) is 16.9 Å². The van der Waals surface area contributed by atoms with Crippen molar-refractivity contribution >= 4 is 23.4 Å². The van der Waals surface area contributed by atoms with Gasteiger partial charge >= 0.3 is 0 Å². The summed E-state index contributed by atoms with van der Waals surface area (Å²) >= 11 is 6.13. The first kappa shape index (κ1) is 18.7. The molecule has 0 N–H and O–H groups in total. The molecule has 0 bridgehead atoms. The Hall–Kier alpha value is -1.60. The molecule has 8 heteroatoms. The highest BCUT2D eigenvalue weighted by Gasteiger charge is 2.42. The first-order valence-corrected chi connectivity index (χ1v) is 10.2. The molecule has 1 aromatic rings. The van der Waals surface area contributed by atoms with E-state index in [1.54, 1.807) is 17.9 Å². The monoisotopic (exact) mass is 394 g/mol. The second kappa shape index (κ2) is 7.43. The number of aromatic nitrogens is 2. The minimum Gasteiger partial charge on any atom is -0.376 e. The molecular formula is C19H27ClN4O3. The molecule has 4 rings (SSSR count). The van der Waals surface area contributed by atoms with Gasteiger partial charge in [0.15, 0.2) is 5.69 Å². The van der Waals surface area contributed by atoms with Crippen molar-refractivity contribution in [3.63, 3.8) is 0 Å². The third-order valence-electron chi connectivity index (χ3n) is 6.29. The predicted molar refractivity (Wildman–Crippen MR) is 101 cm³/mol. The van der Waals surface area contributed by atoms with Gasteiger partial charge in [-0.15, -0.1) is 0 Å². The van der Waals surface area contributed by atoms with Crippen molar-refractivity contribution < 1.29 is 14.3 Å². The Morgan fingerprint density at radius 3 is 2.78 bits per heavy atom. The number of rotatable bonds is 3. The van der Waals surface area contributed by atoms with Crippen LogP contribution in [-0.2, 0) is 16.6 Å². The van der Waals surface area contributed by atoms with E-state index >= 15 is 0 Å². The Morgan fingerprint density at radius 2 is 2.15 bits per heavy atom. The lowest BCUT2D eigenvalue weighted by Gasteiger charge is -2.47. The van der Waals surface area contributed by atoms with Gasteiger partial charge < -0.3 is 14.5 Å². The van der Waals surface area contributed by atoms with E-state index in [1.807, 2.05) is 9.80 Å². The summed E-state index contributed by atoms with van der Waals surface area (Å²) in [7, 11) is 1.76. The highest BCUT2D eigenvalue weighted by atomic mass is 35.5. The summed E-state index contributed by atoms with van der Waals surface area (Å²) in [5.41, 5.74) is 0.450. The van der Waals surface area contributed by atoms with Crippen molar-refractivity contribution in [2.75, 3.05) is 32.8 Å². The summed E-state index contributed by atoms with van der Waals surface area (Å²) < 4.78 is 7.29. The number of carbonyl (C=O) groups is 2. The van der Waals surface area contributed by atoms with Gasteiger partial charge in [-0.25, -0.2) is 0 Å². The highest BCUT2D eigenvalue weighted by Crippen LogP contribution is 2.40. The van der Waals surface area contributed by atoms with Gasteiger partial charge in [0.25, 0.3) is 5.91 Å². The SMILES string of the molecule is Cn1cc(Cl)c(C(=O)N2CCC3(CCC(=O)N(C[C@@H]4CCCO4)C3)CC2)n1. The van der Waals surface area contributed by atoms with E-state index in [4.69, 9.17) is 16.3 Å². The normalized spacial score (nSPS) is 25.4. The second-order valence-corrected chi connectivity index (χ2v) is 8.61. The van der Waals surface area contributed by atoms with Gasteiger partial charge in [0.2, 0.25) is 5.91 Å². The molecular weight excluding hydrogens is 368 g/mol. The third-order valence-corrected chi connectivity index (χ3v) is 6.57. The molecule has 3 aliphatic rings. The smallest absolute Gasteiger partial charge is 0.275 e. The zero-order chi connectivity index (χ0) is 19.0. The van der Waals surface area contributed by atoms with Crippen LogP contribution in [0.2, 0.25) is 5.02 Å². The molecule has 0 saturated carbocycles. The topological polar surface area (TPSA) is 67.7 Å². The van der Waals surface area contributed by atoms with Crippen LogP contribution in [0.3, 0.4) is 0 Å². The fourth-order valence-corrected chi connectivity index (χ4v) is 4.91. The minimum absolute atomic E-state index is 0.0986. The van der Waals surface area contributed by atoms with Crippen LogP contribution in [0.5, 0.6) is 0 Å². The summed E-state index contributed by atoms with van der Waals surface area (Å²) in [5, 5.41) is 4.59. The third kappa shape index (κ3) is 3.85. The maximum atomic E-state index is 12.7. The number of hydrogen-bond acceptors (Lipinski definition) is 4. The van der Waals surface area contributed by atoms with Gasteiger partial charge in [0.1, 0.15) is 0 Å². The summed E-state index contributed by atoms with van der Waals surface area (Å²) in [5.74, 6) is 0.147. The summed E-state index contributed by atoms with van der Waals surface area (Å²) in [4.78, 5) is 29.0. The average molecular weight is 395 g/mol. The van der Waals surface area contributed by atoms with Crippen molar-refractivity contribution in [1.29, 1.82) is 0 Å². The maximum absolute atomic E-state index is 12.7. The average Bonchev–Trinajstić information content (AvgIpc) is 3.28. The Labute approximate surface area is 164 Å². The lowest BCUT2D eigenvalue weighted by Crippen LogP contribution is -2.53. The number of ether oxygens (including phenoxy) is 1. The number of carbonyl (C=O) groups excluding carboxylic acids is 2. The Balaban J connectivity index is 1.37. The standard InChI is InChI=1S/C19H27ClN4O3/c1-22-12-15(20)17(21-22)18(26)23-8-6-19(7-9-23)5-4-16(25)24(13-19)11-14-3-2-10-27-14/h12,14H,2-11,13H2,1H3/t14-/m0/s1. The molecule has 0 unspecified atom stereocenters. The molecule has 1 atom stereocenters. The number of aryl methyl sites for hydroxylation is 1. The van der Waals surface area contributed by atoms with Gasteiger partial charge in [-0.2, -0.15) is 5.10 Å². The van der Waals surface area contributed by atoms with Gasteiger partial charge in [-0.1, -0.05) is 11.6 Å². The maximum Gasteiger partial charge on any atom is 0.275 e. The van der Waals surface area contributed by atoms with Crippen LogP contribution >= 0.6 is 11.6 Å². The number of halogens is 1. The van der Waals surface area contributed by atoms with Crippen LogP contribution in [0, 0.1) is 5.41 Å². The molecule has 0 aromatic carbocycles. The molecule has 7 nitrogen and oxygen atoms in total. The van der Waals surface area contributed by atoms with E-state index in [1.165, 1.54) is 0 Å². The Bertz CT molecular complexity index is 721. The molecule has 3 saturated heterocycles. The molecule has 0 aliphatic carbocycles. The van der Waals surface area contributed by atoms with Crippen LogP contribution in [0.25, 0.3) is 0 Å². The lowest BCUT2D eigenvalue weighted by atomic mass is 9.72. The second-order valence-electron chi connectivity index (χ2n) is 8.20. The van der Waals surface area contributed by atoms with Gasteiger partial charge in [0, 0.05) is 52.5 Å². The number of likely N-dealkylation sites (tertiary alicyclic amines) is 2. The zero-order valence-electron chi connectivity index (χ0n) is 15.8. The summed E-state index contributed by atoms with van der Waals surface area (Å²) in [6.07, 6.45) is 7.33. The molecule has 3 aliphatic heterocycles. The Morgan fingerprint density at radius 1 is 1.37 bits per heavy atom. The molecule has 2 amide bonds. The zero-order valence-corrected chi connectivity index (χ0v) is 16.6. The Kier molecular flexibility index (Phi) is 5.16. The van der Waals surface area contributed by atoms with Crippen LogP contribution < -0.4 is 0 Å². The van der Waals surface area contributed by atoms with Gasteiger partial charge in [0.05, 0.1) is 11.1 Å². The molecule has 4 heterocycles. The number of nitrogens with zero attached hydrogens (tertiary/aromatic N) is 4. The van der Waals surface area contributed by atoms with E-state index in [-0.39, 0.29) is 23.3 Å². The van der Waals surface area contributed by atoms with E-state index in [0.29, 0.717) is 36.8 Å². The fraction of sp³-hybridized carbons (Fsp3) is 0.737. The number of amides is 2. The molecule has 1 aromatic heterocycles. The van der Waals surface area contributed by atoms with Crippen LogP contribution in [0.4, 0.5) is 0 Å². The fourth-order valence-electron chi connectivity index (χ4n) is 4.65. The number of hydrogen-bond donors (Lipinski definition) is 0. The largest absolute Gasteiger partial charge is 0.376 e. The molecule has 0 radical (unpaired) electrons. The van der Waals surface area contributed by atoms with Crippen molar-refractivity contribution in [1.82, 2.24) is 19.6 Å². The van der Waals surface area contributed by atoms with Crippen LogP contribution in [0.15, 0.2) is 6.20 Å². The summed E-state index contributed by atoms with van der Waals surface area (Å²) in [6.45, 7) is 3.69. The van der Waals surface area contributed by atoms with E-state index in [0.717, 1.165) is 45.3 Å². The van der Waals surface area contributed by atoms with Crippen LogP contribution in [0.1, 0.15) is 49.0 Å². The summed E-state index contributed by atoms with van der Waals surface area (Å²) in [6, 6.07) is 0. The van der Waals surface area contributed by atoms with E-state index < -0.39 is 0 Å². The van der Waals surface area contributed by atoms with E-state index in [2.05, 4.69) is 5.10 Å². The molecule has 1 spiro atoms. The number of piperidine rings is 2. The molecule has 3 fully saturated rings. The first-order chi connectivity index (χ1) is 13.0. The predicted octanol–water partition coefficient (Wildman–Crippen LogP) is 2.10. The lowest BCUT2D eigenvalue weighted by molar-refractivity contribution is -0.141. The van der Waals surface area contributed by atoms with E-state index in [9.17, 15) is 9.59 Å². The van der Waals surface area contributed by atoms with Gasteiger partial charge in [-0.05, 0) is 37.5 Å².